The first-order valence-electron chi connectivity index (χ1n) is 5.29. The molecule has 2 aromatic rings. The van der Waals surface area contributed by atoms with Gasteiger partial charge in [0.2, 0.25) is 5.95 Å². The summed E-state index contributed by atoms with van der Waals surface area (Å²) in [6.45, 7) is 0.391. The first-order chi connectivity index (χ1) is 8.65. The highest BCUT2D eigenvalue weighted by Crippen LogP contribution is 2.11. The van der Waals surface area contributed by atoms with Crippen LogP contribution >= 0.6 is 15.9 Å². The normalized spacial score (nSPS) is 10.1. The van der Waals surface area contributed by atoms with E-state index in [1.54, 1.807) is 0 Å². The number of halogens is 2. The number of amides is 1. The summed E-state index contributed by atoms with van der Waals surface area (Å²) in [5, 5.41) is 2.72. The molecule has 0 saturated heterocycles. The Kier molecular flexibility index (Phi) is 4.04. The molecule has 0 aliphatic rings. The van der Waals surface area contributed by atoms with Crippen LogP contribution in [0.1, 0.15) is 15.9 Å². The molecule has 3 nitrogen and oxygen atoms in total. The van der Waals surface area contributed by atoms with E-state index < -0.39 is 5.95 Å². The maximum Gasteiger partial charge on any atom is 0.251 e. The molecule has 5 heteroatoms. The summed E-state index contributed by atoms with van der Waals surface area (Å²) in [6.07, 6.45) is 1.27. The molecule has 2 rings (SSSR count). The van der Waals surface area contributed by atoms with Crippen LogP contribution in [-0.4, -0.2) is 10.9 Å². The van der Waals surface area contributed by atoms with Gasteiger partial charge in [0.15, 0.2) is 0 Å². The van der Waals surface area contributed by atoms with Gasteiger partial charge in [0.05, 0.1) is 0 Å². The van der Waals surface area contributed by atoms with Crippen molar-refractivity contribution >= 4 is 21.8 Å². The fourth-order valence-electron chi connectivity index (χ4n) is 1.48. The van der Waals surface area contributed by atoms with Gasteiger partial charge in [-0.1, -0.05) is 28.1 Å². The van der Waals surface area contributed by atoms with E-state index in [9.17, 15) is 9.18 Å². The number of rotatable bonds is 3. The Balaban J connectivity index is 2.00. The van der Waals surface area contributed by atoms with Gasteiger partial charge >= 0.3 is 0 Å². The molecule has 1 aromatic heterocycles. The zero-order chi connectivity index (χ0) is 13.0. The Labute approximate surface area is 112 Å². The Morgan fingerprint density at radius 3 is 2.89 bits per heavy atom. The van der Waals surface area contributed by atoms with Crippen LogP contribution in [-0.2, 0) is 6.54 Å². The molecular formula is C13H10BrFN2O. The van der Waals surface area contributed by atoms with Crippen molar-refractivity contribution in [2.24, 2.45) is 0 Å². The van der Waals surface area contributed by atoms with Crippen LogP contribution in [0.3, 0.4) is 0 Å². The minimum atomic E-state index is -0.662. The van der Waals surface area contributed by atoms with Gasteiger partial charge in [0, 0.05) is 28.8 Å². The summed E-state index contributed by atoms with van der Waals surface area (Å²) in [6, 6.07) is 10.2. The molecule has 0 unspecified atom stereocenters. The van der Waals surface area contributed by atoms with Gasteiger partial charge in [-0.3, -0.25) is 4.79 Å². The average molecular weight is 309 g/mol. The van der Waals surface area contributed by atoms with E-state index >= 15 is 0 Å². The molecule has 0 atom stereocenters. The molecule has 0 aliphatic carbocycles. The number of hydrogen-bond acceptors (Lipinski definition) is 2. The molecular weight excluding hydrogens is 299 g/mol. The molecule has 18 heavy (non-hydrogen) atoms. The Morgan fingerprint density at radius 1 is 1.33 bits per heavy atom. The summed E-state index contributed by atoms with van der Waals surface area (Å²) in [4.78, 5) is 15.1. The molecule has 92 valence electrons. The van der Waals surface area contributed by atoms with Crippen molar-refractivity contribution in [3.8, 4) is 0 Å². The van der Waals surface area contributed by atoms with E-state index in [2.05, 4.69) is 26.2 Å². The summed E-state index contributed by atoms with van der Waals surface area (Å²) in [5.41, 5.74) is 1.23. The number of carbonyl (C=O) groups excluding carboxylic acids is 1. The first-order valence-corrected chi connectivity index (χ1v) is 6.08. The first kappa shape index (κ1) is 12.7. The number of benzene rings is 1. The molecule has 0 spiro atoms. The quantitative estimate of drug-likeness (QED) is 0.886. The van der Waals surface area contributed by atoms with E-state index in [1.807, 2.05) is 24.3 Å². The van der Waals surface area contributed by atoms with Gasteiger partial charge in [-0.2, -0.15) is 4.39 Å². The third kappa shape index (κ3) is 3.37. The number of hydrogen-bond donors (Lipinski definition) is 1. The molecule has 0 bridgehead atoms. The number of carbonyl (C=O) groups is 1. The summed E-state index contributed by atoms with van der Waals surface area (Å²) in [7, 11) is 0. The molecule has 1 aromatic carbocycles. The highest BCUT2D eigenvalue weighted by molar-refractivity contribution is 9.10. The second-order valence-corrected chi connectivity index (χ2v) is 4.60. The van der Waals surface area contributed by atoms with Crippen molar-refractivity contribution in [2.75, 3.05) is 0 Å². The van der Waals surface area contributed by atoms with Crippen LogP contribution in [0.15, 0.2) is 47.1 Å². The lowest BCUT2D eigenvalue weighted by Crippen LogP contribution is -2.22. The smallest absolute Gasteiger partial charge is 0.251 e. The second kappa shape index (κ2) is 5.73. The molecule has 1 heterocycles. The van der Waals surface area contributed by atoms with E-state index in [-0.39, 0.29) is 11.5 Å². The van der Waals surface area contributed by atoms with Crippen molar-refractivity contribution < 1.29 is 9.18 Å². The molecule has 0 aliphatic heterocycles. The summed E-state index contributed by atoms with van der Waals surface area (Å²) < 4.78 is 13.8. The van der Waals surface area contributed by atoms with Crippen LogP contribution in [0.5, 0.6) is 0 Å². The summed E-state index contributed by atoms with van der Waals surface area (Å²) >= 11 is 3.35. The SMILES string of the molecule is O=C(NCc1cccc(Br)c1)c1ccnc(F)c1. The second-order valence-electron chi connectivity index (χ2n) is 3.68. The van der Waals surface area contributed by atoms with Gasteiger partial charge in [0.25, 0.3) is 5.91 Å². The number of pyridine rings is 1. The fourth-order valence-corrected chi connectivity index (χ4v) is 1.92. The Morgan fingerprint density at radius 2 is 2.17 bits per heavy atom. The topological polar surface area (TPSA) is 42.0 Å². The van der Waals surface area contributed by atoms with Crippen molar-refractivity contribution in [1.82, 2.24) is 10.3 Å². The van der Waals surface area contributed by atoms with Crippen LogP contribution in [0.4, 0.5) is 4.39 Å². The third-order valence-corrected chi connectivity index (χ3v) is 2.82. The zero-order valence-corrected chi connectivity index (χ0v) is 10.9. The van der Waals surface area contributed by atoms with Crippen LogP contribution in [0.25, 0.3) is 0 Å². The van der Waals surface area contributed by atoms with E-state index in [1.165, 1.54) is 12.3 Å². The van der Waals surface area contributed by atoms with Gasteiger partial charge < -0.3 is 5.32 Å². The Hall–Kier alpha value is -1.75. The van der Waals surface area contributed by atoms with Crippen molar-refractivity contribution in [3.05, 3.63) is 64.1 Å². The average Bonchev–Trinajstić information content (AvgIpc) is 2.36. The van der Waals surface area contributed by atoms with E-state index in [0.29, 0.717) is 6.54 Å². The molecule has 0 radical (unpaired) electrons. The summed E-state index contributed by atoms with van der Waals surface area (Å²) in [5.74, 6) is -0.985. The third-order valence-electron chi connectivity index (χ3n) is 2.33. The molecule has 1 N–H and O–H groups in total. The molecule has 0 saturated carbocycles. The minimum Gasteiger partial charge on any atom is -0.348 e. The largest absolute Gasteiger partial charge is 0.348 e. The van der Waals surface area contributed by atoms with Gasteiger partial charge in [-0.25, -0.2) is 4.98 Å². The van der Waals surface area contributed by atoms with E-state index in [0.717, 1.165) is 16.1 Å². The lowest BCUT2D eigenvalue weighted by Gasteiger charge is -2.05. The fraction of sp³-hybridized carbons (Fsp3) is 0.0769. The monoisotopic (exact) mass is 308 g/mol. The van der Waals surface area contributed by atoms with Crippen molar-refractivity contribution in [1.29, 1.82) is 0 Å². The lowest BCUT2D eigenvalue weighted by molar-refractivity contribution is 0.0950. The molecule has 0 fully saturated rings. The zero-order valence-electron chi connectivity index (χ0n) is 9.36. The highest BCUT2D eigenvalue weighted by atomic mass is 79.9. The van der Waals surface area contributed by atoms with Crippen molar-refractivity contribution in [2.45, 2.75) is 6.54 Å². The van der Waals surface area contributed by atoms with Gasteiger partial charge in [-0.15, -0.1) is 0 Å². The maximum absolute atomic E-state index is 12.8. The standard InChI is InChI=1S/C13H10BrFN2O/c14-11-3-1-2-9(6-11)8-17-13(18)10-4-5-16-12(15)7-10/h1-7H,8H2,(H,17,18). The minimum absolute atomic E-state index is 0.262. The van der Waals surface area contributed by atoms with Crippen LogP contribution in [0.2, 0.25) is 0 Å². The number of nitrogens with one attached hydrogen (secondary N) is 1. The lowest BCUT2D eigenvalue weighted by atomic mass is 10.2. The predicted molar refractivity (Wildman–Crippen MR) is 69.5 cm³/mol. The highest BCUT2D eigenvalue weighted by Gasteiger charge is 2.06. The van der Waals surface area contributed by atoms with Crippen LogP contribution < -0.4 is 5.32 Å². The van der Waals surface area contributed by atoms with Gasteiger partial charge in [-0.05, 0) is 23.8 Å². The predicted octanol–water partition coefficient (Wildman–Crippen LogP) is 2.91. The molecule has 1 amide bonds. The number of aromatic nitrogens is 1. The van der Waals surface area contributed by atoms with Crippen molar-refractivity contribution in [3.63, 3.8) is 0 Å². The van der Waals surface area contributed by atoms with Gasteiger partial charge in [0.1, 0.15) is 0 Å². The number of nitrogens with zero attached hydrogens (tertiary/aromatic N) is 1. The van der Waals surface area contributed by atoms with Crippen LogP contribution in [0, 0.1) is 5.95 Å². The van der Waals surface area contributed by atoms with E-state index in [4.69, 9.17) is 0 Å². The Bertz CT molecular complexity index is 574. The maximum atomic E-state index is 12.8.